The lowest BCUT2D eigenvalue weighted by atomic mass is 9.84. The van der Waals surface area contributed by atoms with Crippen molar-refractivity contribution in [2.75, 3.05) is 19.6 Å². The van der Waals surface area contributed by atoms with Gasteiger partial charge in [0.2, 0.25) is 20.0 Å². The molecule has 0 amide bonds. The minimum absolute atomic E-state index is 0.0861. The molecule has 0 radical (unpaired) electrons. The van der Waals surface area contributed by atoms with Crippen LogP contribution >= 0.6 is 0 Å². The van der Waals surface area contributed by atoms with Crippen LogP contribution in [0.4, 0.5) is 0 Å². The van der Waals surface area contributed by atoms with E-state index in [4.69, 9.17) is 0 Å². The molecule has 0 saturated carbocycles. The van der Waals surface area contributed by atoms with Crippen LogP contribution in [0.2, 0.25) is 0 Å². The highest BCUT2D eigenvalue weighted by atomic mass is 32.2. The van der Waals surface area contributed by atoms with Crippen LogP contribution in [-0.2, 0) is 20.0 Å². The van der Waals surface area contributed by atoms with Crippen molar-refractivity contribution < 1.29 is 16.8 Å². The van der Waals surface area contributed by atoms with E-state index in [2.05, 4.69) is 4.72 Å². The van der Waals surface area contributed by atoms with Crippen molar-refractivity contribution in [3.8, 4) is 0 Å². The van der Waals surface area contributed by atoms with Gasteiger partial charge < -0.3 is 0 Å². The Labute approximate surface area is 142 Å². The maximum Gasteiger partial charge on any atom is 0.243 e. The first-order chi connectivity index (χ1) is 11.3. The van der Waals surface area contributed by atoms with Gasteiger partial charge in [-0.3, -0.25) is 0 Å². The number of rotatable bonds is 2. The average Bonchev–Trinajstić information content (AvgIpc) is 3.09. The van der Waals surface area contributed by atoms with Crippen molar-refractivity contribution >= 4 is 20.0 Å². The highest BCUT2D eigenvalue weighted by molar-refractivity contribution is 7.90. The van der Waals surface area contributed by atoms with Crippen LogP contribution in [0, 0.1) is 12.8 Å². The number of nitrogens with one attached hydrogen (secondary N) is 1. The van der Waals surface area contributed by atoms with Gasteiger partial charge in [-0.05, 0) is 37.5 Å². The Hall–Kier alpha value is -1.22. The summed E-state index contributed by atoms with van der Waals surface area (Å²) in [5, 5.41) is -0.404. The Morgan fingerprint density at radius 1 is 1.17 bits per heavy atom. The highest BCUT2D eigenvalue weighted by Gasteiger charge is 2.48. The first-order valence-electron chi connectivity index (χ1n) is 8.05. The zero-order valence-electron chi connectivity index (χ0n) is 13.4. The van der Waals surface area contributed by atoms with E-state index in [-0.39, 0.29) is 5.92 Å². The van der Waals surface area contributed by atoms with E-state index in [1.807, 2.05) is 6.92 Å². The number of aryl methyl sites for hydroxylation is 1. The zero-order valence-corrected chi connectivity index (χ0v) is 15.0. The smallest absolute Gasteiger partial charge is 0.214 e. The van der Waals surface area contributed by atoms with Crippen LogP contribution < -0.4 is 4.72 Å². The first kappa shape index (κ1) is 16.3. The van der Waals surface area contributed by atoms with Crippen molar-refractivity contribution in [3.63, 3.8) is 0 Å². The monoisotopic (exact) mass is 368 g/mol. The summed E-state index contributed by atoms with van der Waals surface area (Å²) in [7, 11) is -6.80. The second-order valence-corrected chi connectivity index (χ2v) is 10.7. The van der Waals surface area contributed by atoms with Crippen molar-refractivity contribution in [1.29, 1.82) is 0 Å². The largest absolute Gasteiger partial charge is 0.243 e. The molecule has 0 bridgehead atoms. The average molecular weight is 368 g/mol. The summed E-state index contributed by atoms with van der Waals surface area (Å²) in [6.07, 6.45) is 1.24. The fourth-order valence-corrected chi connectivity index (χ4v) is 7.16. The molecule has 1 aliphatic carbocycles. The maximum absolute atomic E-state index is 12.9. The molecular weight excluding hydrogens is 348 g/mol. The molecule has 1 N–H and O–H groups in total. The molecule has 2 unspecified atom stereocenters. The molecule has 24 heavy (non-hydrogen) atoms. The van der Waals surface area contributed by atoms with Crippen LogP contribution in [0.25, 0.3) is 0 Å². The summed E-state index contributed by atoms with van der Waals surface area (Å²) < 4.78 is 53.9. The third-order valence-corrected chi connectivity index (χ3v) is 9.09. The van der Waals surface area contributed by atoms with E-state index in [0.717, 1.165) is 16.7 Å². The molecular formula is C16H20N2O4S2. The number of benzene rings is 1. The van der Waals surface area contributed by atoms with Crippen LogP contribution in [-0.4, -0.2) is 46.0 Å². The van der Waals surface area contributed by atoms with Crippen LogP contribution in [0.1, 0.15) is 18.4 Å². The minimum atomic E-state index is -3.55. The number of hydrogen-bond donors (Lipinski definition) is 1. The molecule has 1 aromatic carbocycles. The lowest BCUT2D eigenvalue weighted by Gasteiger charge is -2.24. The zero-order chi connectivity index (χ0) is 17.1. The molecule has 0 spiro atoms. The van der Waals surface area contributed by atoms with Gasteiger partial charge in [0.05, 0.1) is 10.1 Å². The molecule has 2 aliphatic heterocycles. The Morgan fingerprint density at radius 2 is 1.88 bits per heavy atom. The van der Waals surface area contributed by atoms with Crippen molar-refractivity contribution in [2.24, 2.45) is 5.92 Å². The third-order valence-electron chi connectivity index (χ3n) is 5.36. The molecule has 2 heterocycles. The number of sulfonamides is 2. The Bertz CT molecular complexity index is 917. The minimum Gasteiger partial charge on any atom is -0.214 e. The summed E-state index contributed by atoms with van der Waals surface area (Å²) in [6, 6.07) is 6.85. The summed E-state index contributed by atoms with van der Waals surface area (Å²) in [4.78, 5) is 0.293. The predicted molar refractivity (Wildman–Crippen MR) is 90.4 cm³/mol. The van der Waals surface area contributed by atoms with Gasteiger partial charge >= 0.3 is 0 Å². The lowest BCUT2D eigenvalue weighted by Crippen LogP contribution is -2.31. The van der Waals surface area contributed by atoms with Gasteiger partial charge in [0, 0.05) is 25.6 Å². The molecule has 0 aromatic heterocycles. The van der Waals surface area contributed by atoms with Crippen molar-refractivity contribution in [2.45, 2.75) is 29.9 Å². The third kappa shape index (κ3) is 2.44. The second kappa shape index (κ2) is 5.39. The Morgan fingerprint density at radius 3 is 2.58 bits per heavy atom. The number of nitrogens with zero attached hydrogens (tertiary/aromatic N) is 1. The highest BCUT2D eigenvalue weighted by Crippen LogP contribution is 2.41. The fourth-order valence-electron chi connectivity index (χ4n) is 4.00. The van der Waals surface area contributed by atoms with E-state index in [1.54, 1.807) is 24.3 Å². The summed E-state index contributed by atoms with van der Waals surface area (Å²) in [5.41, 5.74) is 3.12. The number of hydrogen-bond acceptors (Lipinski definition) is 4. The van der Waals surface area contributed by atoms with Crippen LogP contribution in [0.5, 0.6) is 0 Å². The molecule has 3 aliphatic rings. The summed E-state index contributed by atoms with van der Waals surface area (Å²) >= 11 is 0. The van der Waals surface area contributed by atoms with Gasteiger partial charge in [-0.1, -0.05) is 23.3 Å². The van der Waals surface area contributed by atoms with Gasteiger partial charge in [-0.25, -0.2) is 21.6 Å². The molecule has 8 heteroatoms. The molecule has 2 atom stereocenters. The maximum atomic E-state index is 12.9. The quantitative estimate of drug-likeness (QED) is 0.790. The number of fused-ring (bicyclic) bond motifs is 2. The standard InChI is InChI=1S/C16H20N2O4S2/c1-11-2-5-13(6-3-11)24(21,22)18-9-12-4-7-16-14(15(12)10-18)8-17-23(16,19)20/h2-3,5-6,14,16-17H,4,7-10H2,1H3. The van der Waals surface area contributed by atoms with Crippen LogP contribution in [0.15, 0.2) is 40.3 Å². The summed E-state index contributed by atoms with van der Waals surface area (Å²) in [6.45, 7) is 3.00. The molecule has 1 saturated heterocycles. The van der Waals surface area contributed by atoms with E-state index < -0.39 is 25.3 Å². The van der Waals surface area contributed by atoms with E-state index in [9.17, 15) is 16.8 Å². The van der Waals surface area contributed by atoms with Gasteiger partial charge in [0.25, 0.3) is 0 Å². The lowest BCUT2D eigenvalue weighted by molar-refractivity contribution is 0.472. The van der Waals surface area contributed by atoms with Gasteiger partial charge in [-0.2, -0.15) is 4.31 Å². The van der Waals surface area contributed by atoms with Crippen LogP contribution in [0.3, 0.4) is 0 Å². The van der Waals surface area contributed by atoms with E-state index in [0.29, 0.717) is 37.4 Å². The summed E-state index contributed by atoms with van der Waals surface area (Å²) in [5.74, 6) is -0.0861. The van der Waals surface area contributed by atoms with Gasteiger partial charge in [-0.15, -0.1) is 0 Å². The molecule has 4 rings (SSSR count). The molecule has 1 fully saturated rings. The normalized spacial score (nSPS) is 29.5. The van der Waals surface area contributed by atoms with E-state index in [1.165, 1.54) is 4.31 Å². The van der Waals surface area contributed by atoms with E-state index >= 15 is 0 Å². The van der Waals surface area contributed by atoms with Crippen molar-refractivity contribution in [1.82, 2.24) is 9.03 Å². The predicted octanol–water partition coefficient (Wildman–Crippen LogP) is 1.01. The van der Waals surface area contributed by atoms with Gasteiger partial charge in [0.15, 0.2) is 0 Å². The molecule has 130 valence electrons. The SMILES string of the molecule is Cc1ccc(S(=O)(=O)N2CC3=C(C2)C2CNS(=O)(=O)C2CC3)cc1. The van der Waals surface area contributed by atoms with Crippen molar-refractivity contribution in [3.05, 3.63) is 41.0 Å². The molecule has 6 nitrogen and oxygen atoms in total. The first-order valence-corrected chi connectivity index (χ1v) is 11.0. The Kier molecular flexibility index (Phi) is 3.65. The van der Waals surface area contributed by atoms with Gasteiger partial charge in [0.1, 0.15) is 0 Å². The molecule has 1 aromatic rings. The Balaban J connectivity index is 1.61. The second-order valence-electron chi connectivity index (χ2n) is 6.79. The topological polar surface area (TPSA) is 83.6 Å². The fraction of sp³-hybridized carbons (Fsp3) is 0.500.